The van der Waals surface area contributed by atoms with E-state index in [1.54, 1.807) is 6.08 Å². The maximum absolute atomic E-state index is 13.4. The Morgan fingerprint density at radius 1 is 0.481 bits per heavy atom. The molecule has 11 heteroatoms. The van der Waals surface area contributed by atoms with Crippen LogP contribution in [0.25, 0.3) is 0 Å². The van der Waals surface area contributed by atoms with Crippen LogP contribution in [0.3, 0.4) is 0 Å². The second kappa shape index (κ2) is 57.3. The normalized spacial score (nSPS) is 19.2. The van der Waals surface area contributed by atoms with E-state index in [4.69, 9.17) is 14.2 Å². The average Bonchev–Trinajstić information content (AvgIpc) is 3.51. The Morgan fingerprint density at radius 2 is 0.852 bits per heavy atom. The SMILES string of the molecule is CCCCC/C=C\C/C=C\C/C=C\C/C=C\CCCCC(O)C(=O)NC(COC1OC(CO)C(O)C(O)C1OC(=O)CCCCCCCCCCCCCCC/C=C\C/C=C\CCCCC)C(O)/C=C/CCCCCCCCCCC. The molecular weight excluding hydrogens is 1010 g/mol. The maximum atomic E-state index is 13.4. The Morgan fingerprint density at radius 3 is 1.30 bits per heavy atom. The summed E-state index contributed by atoms with van der Waals surface area (Å²) in [5.74, 6) is -1.23. The van der Waals surface area contributed by atoms with Gasteiger partial charge in [0.25, 0.3) is 0 Å². The fourth-order valence-electron chi connectivity index (χ4n) is 9.96. The lowest BCUT2D eigenvalue weighted by Gasteiger charge is -2.41. The van der Waals surface area contributed by atoms with Crippen LogP contribution in [-0.4, -0.2) is 99.6 Å². The van der Waals surface area contributed by atoms with E-state index in [1.807, 2.05) is 6.08 Å². The lowest BCUT2D eigenvalue weighted by molar-refractivity contribution is -0.305. The first kappa shape index (κ1) is 75.9. The summed E-state index contributed by atoms with van der Waals surface area (Å²) in [4.78, 5) is 26.6. The number of aliphatic hydroxyl groups is 5. The minimum Gasteiger partial charge on any atom is -0.454 e. The molecule has 0 aliphatic carbocycles. The molecule has 0 saturated carbocycles. The number of carbonyl (C=O) groups excluding carboxylic acids is 2. The molecule has 1 aliphatic rings. The van der Waals surface area contributed by atoms with Gasteiger partial charge in [0.2, 0.25) is 5.91 Å². The molecule has 1 fully saturated rings. The smallest absolute Gasteiger partial charge is 0.306 e. The van der Waals surface area contributed by atoms with Crippen LogP contribution in [0.15, 0.2) is 85.1 Å². The molecule has 8 atom stereocenters. The van der Waals surface area contributed by atoms with Crippen molar-refractivity contribution in [1.82, 2.24) is 5.32 Å². The van der Waals surface area contributed by atoms with E-state index in [-0.39, 0.29) is 19.4 Å². The van der Waals surface area contributed by atoms with Gasteiger partial charge in [0.15, 0.2) is 12.4 Å². The van der Waals surface area contributed by atoms with E-state index in [1.165, 1.54) is 148 Å². The number of unbranched alkanes of at least 4 members (excludes halogenated alkanes) is 30. The van der Waals surface area contributed by atoms with Crippen LogP contribution >= 0.6 is 0 Å². The molecular formula is C70H123NO10. The predicted octanol–water partition coefficient (Wildman–Crippen LogP) is 16.5. The largest absolute Gasteiger partial charge is 0.454 e. The molecule has 0 bridgehead atoms. The summed E-state index contributed by atoms with van der Waals surface area (Å²) in [5.41, 5.74) is 0. The van der Waals surface area contributed by atoms with E-state index in [0.717, 1.165) is 89.9 Å². The Kier molecular flexibility index (Phi) is 53.6. The van der Waals surface area contributed by atoms with Crippen LogP contribution in [0.4, 0.5) is 0 Å². The monoisotopic (exact) mass is 1140 g/mol. The van der Waals surface area contributed by atoms with Gasteiger partial charge in [-0.2, -0.15) is 0 Å². The van der Waals surface area contributed by atoms with Crippen molar-refractivity contribution in [3.63, 3.8) is 0 Å². The second-order valence-electron chi connectivity index (χ2n) is 22.8. The third-order valence-electron chi connectivity index (χ3n) is 15.3. The Labute approximate surface area is 495 Å². The lowest BCUT2D eigenvalue weighted by Crippen LogP contribution is -2.61. The zero-order valence-corrected chi connectivity index (χ0v) is 51.9. The molecule has 11 nitrogen and oxygen atoms in total. The van der Waals surface area contributed by atoms with Gasteiger partial charge in [-0.1, -0.05) is 260 Å². The van der Waals surface area contributed by atoms with Crippen LogP contribution in [0.1, 0.15) is 284 Å². The molecule has 1 aliphatic heterocycles. The molecule has 0 spiro atoms. The minimum absolute atomic E-state index is 0.116. The molecule has 468 valence electrons. The molecule has 0 aromatic rings. The van der Waals surface area contributed by atoms with Crippen LogP contribution in [0.5, 0.6) is 0 Å². The van der Waals surface area contributed by atoms with Crippen molar-refractivity contribution < 1.29 is 49.3 Å². The van der Waals surface area contributed by atoms with Crippen LogP contribution < -0.4 is 5.32 Å². The highest BCUT2D eigenvalue weighted by atomic mass is 16.7. The summed E-state index contributed by atoms with van der Waals surface area (Å²) < 4.78 is 17.6. The fourth-order valence-corrected chi connectivity index (χ4v) is 9.96. The van der Waals surface area contributed by atoms with Crippen LogP contribution in [-0.2, 0) is 23.8 Å². The van der Waals surface area contributed by atoms with E-state index in [9.17, 15) is 35.1 Å². The third-order valence-corrected chi connectivity index (χ3v) is 15.3. The predicted molar refractivity (Wildman–Crippen MR) is 338 cm³/mol. The van der Waals surface area contributed by atoms with Crippen molar-refractivity contribution in [2.75, 3.05) is 13.2 Å². The Hall–Kier alpha value is -3.16. The molecule has 0 aromatic carbocycles. The van der Waals surface area contributed by atoms with Gasteiger partial charge in [-0.3, -0.25) is 9.59 Å². The summed E-state index contributed by atoms with van der Waals surface area (Å²) in [6.07, 6.45) is 64.8. The average molecular weight is 1140 g/mol. The lowest BCUT2D eigenvalue weighted by atomic mass is 9.99. The van der Waals surface area contributed by atoms with E-state index < -0.39 is 67.4 Å². The maximum Gasteiger partial charge on any atom is 0.306 e. The van der Waals surface area contributed by atoms with Crippen molar-refractivity contribution in [3.8, 4) is 0 Å². The minimum atomic E-state index is -1.62. The summed E-state index contributed by atoms with van der Waals surface area (Å²) in [6, 6.07) is -1.04. The Balaban J connectivity index is 2.62. The number of esters is 1. The summed E-state index contributed by atoms with van der Waals surface area (Å²) >= 11 is 0. The van der Waals surface area contributed by atoms with Gasteiger partial charge in [-0.05, 0) is 103 Å². The molecule has 81 heavy (non-hydrogen) atoms. The van der Waals surface area contributed by atoms with Gasteiger partial charge in [0.1, 0.15) is 24.4 Å². The number of ether oxygens (including phenoxy) is 3. The van der Waals surface area contributed by atoms with Gasteiger partial charge < -0.3 is 45.1 Å². The summed E-state index contributed by atoms with van der Waals surface area (Å²) in [6.45, 7) is 5.72. The standard InChI is InChI=1S/C70H123NO10/c1-4-7-10-13-16-19-22-24-26-28-30-31-32-33-34-36-38-40-43-46-49-52-55-58-65(75)81-68-67(77)66(76)64(59-72)80-70(68)79-60-61(62(73)56-53-50-47-44-41-21-18-15-12-9-6-3)71-69(78)63(74)57-54-51-48-45-42-39-37-35-29-27-25-23-20-17-14-11-8-5-2/h16-17,19-20,24-27,35,37,42,45,53,56,61-64,66-68,70,72-74,76-77H,4-15,18,21-23,28-34,36,38-41,43-44,46-52,54-55,57-60H2,1-3H3,(H,71,78)/b19-16-,20-17-,26-24-,27-25-,37-35-,45-42-,56-53+. The molecule has 1 heterocycles. The zero-order chi connectivity index (χ0) is 58.9. The first-order valence-corrected chi connectivity index (χ1v) is 33.4. The molecule has 0 aromatic heterocycles. The molecule has 6 N–H and O–H groups in total. The fraction of sp³-hybridized carbons (Fsp3) is 0.771. The number of amides is 1. The zero-order valence-electron chi connectivity index (χ0n) is 51.9. The molecule has 1 amide bonds. The van der Waals surface area contributed by atoms with Crippen molar-refractivity contribution in [2.24, 2.45) is 0 Å². The first-order chi connectivity index (χ1) is 39.7. The van der Waals surface area contributed by atoms with E-state index in [2.05, 4.69) is 99.0 Å². The van der Waals surface area contributed by atoms with Crippen LogP contribution in [0, 0.1) is 0 Å². The number of nitrogens with one attached hydrogen (secondary N) is 1. The summed E-state index contributed by atoms with van der Waals surface area (Å²) in [7, 11) is 0. The van der Waals surface area contributed by atoms with Crippen LogP contribution in [0.2, 0.25) is 0 Å². The highest BCUT2D eigenvalue weighted by Gasteiger charge is 2.47. The van der Waals surface area contributed by atoms with Gasteiger partial charge in [0.05, 0.1) is 25.4 Å². The van der Waals surface area contributed by atoms with Gasteiger partial charge in [0, 0.05) is 6.42 Å². The number of allylic oxidation sites excluding steroid dienone is 13. The molecule has 1 rings (SSSR count). The highest BCUT2D eigenvalue weighted by Crippen LogP contribution is 2.26. The topological polar surface area (TPSA) is 175 Å². The Bertz CT molecular complexity index is 1640. The number of rotatable bonds is 56. The quantitative estimate of drug-likeness (QED) is 0.0195. The van der Waals surface area contributed by atoms with Crippen molar-refractivity contribution in [3.05, 3.63) is 85.1 Å². The molecule has 8 unspecified atom stereocenters. The summed E-state index contributed by atoms with van der Waals surface area (Å²) in [5, 5.41) is 57.0. The molecule has 1 saturated heterocycles. The number of carbonyl (C=O) groups is 2. The van der Waals surface area contributed by atoms with Gasteiger partial charge in [-0.15, -0.1) is 0 Å². The first-order valence-electron chi connectivity index (χ1n) is 33.4. The third kappa shape index (κ3) is 45.0. The van der Waals surface area contributed by atoms with Crippen molar-refractivity contribution in [2.45, 2.75) is 333 Å². The van der Waals surface area contributed by atoms with E-state index in [0.29, 0.717) is 12.8 Å². The second-order valence-corrected chi connectivity index (χ2v) is 22.8. The number of aliphatic hydroxyl groups excluding tert-OH is 5. The number of hydrogen-bond acceptors (Lipinski definition) is 10. The highest BCUT2D eigenvalue weighted by molar-refractivity contribution is 5.80. The number of hydrogen-bond donors (Lipinski definition) is 6. The van der Waals surface area contributed by atoms with E-state index >= 15 is 0 Å². The molecule has 0 radical (unpaired) electrons. The van der Waals surface area contributed by atoms with Gasteiger partial charge in [-0.25, -0.2) is 0 Å². The van der Waals surface area contributed by atoms with Gasteiger partial charge >= 0.3 is 5.97 Å². The van der Waals surface area contributed by atoms with Crippen molar-refractivity contribution >= 4 is 11.9 Å². The van der Waals surface area contributed by atoms with Crippen molar-refractivity contribution in [1.29, 1.82) is 0 Å².